The van der Waals surface area contributed by atoms with Gasteiger partial charge in [-0.15, -0.1) is 0 Å². The minimum absolute atomic E-state index is 0.0533. The van der Waals surface area contributed by atoms with E-state index < -0.39 is 5.97 Å². The SMILES string of the molecule is CC[C@H](C)Oc1ccc(C(=O)Nc2ccccc2C(=O)O)cc1. The van der Waals surface area contributed by atoms with Crippen LogP contribution in [0.2, 0.25) is 0 Å². The number of aromatic carboxylic acids is 1. The average Bonchev–Trinajstić information content (AvgIpc) is 2.55. The smallest absolute Gasteiger partial charge is 0.337 e. The highest BCUT2D eigenvalue weighted by Gasteiger charge is 2.13. The number of carbonyl (C=O) groups is 2. The molecule has 0 aromatic heterocycles. The summed E-state index contributed by atoms with van der Waals surface area (Å²) in [7, 11) is 0. The Hall–Kier alpha value is -2.82. The number of rotatable bonds is 6. The molecule has 2 rings (SSSR count). The van der Waals surface area contributed by atoms with Crippen LogP contribution in [0.3, 0.4) is 0 Å². The normalized spacial score (nSPS) is 11.6. The van der Waals surface area contributed by atoms with Crippen molar-refractivity contribution in [2.24, 2.45) is 0 Å². The van der Waals surface area contributed by atoms with E-state index in [2.05, 4.69) is 5.32 Å². The third kappa shape index (κ3) is 4.32. The predicted octanol–water partition coefficient (Wildman–Crippen LogP) is 3.81. The van der Waals surface area contributed by atoms with E-state index in [0.717, 1.165) is 6.42 Å². The highest BCUT2D eigenvalue weighted by atomic mass is 16.5. The van der Waals surface area contributed by atoms with Crippen molar-refractivity contribution in [2.75, 3.05) is 5.32 Å². The summed E-state index contributed by atoms with van der Waals surface area (Å²) in [5.74, 6) is -0.756. The first-order chi connectivity index (χ1) is 11.0. The first kappa shape index (κ1) is 16.5. The van der Waals surface area contributed by atoms with Crippen molar-refractivity contribution in [3.8, 4) is 5.75 Å². The summed E-state index contributed by atoms with van der Waals surface area (Å²) in [6.07, 6.45) is 1.01. The lowest BCUT2D eigenvalue weighted by Gasteiger charge is -2.13. The summed E-state index contributed by atoms with van der Waals surface area (Å²) in [5, 5.41) is 11.7. The van der Waals surface area contributed by atoms with Gasteiger partial charge in [0.05, 0.1) is 17.4 Å². The molecule has 0 aliphatic heterocycles. The fraction of sp³-hybridized carbons (Fsp3) is 0.222. The van der Waals surface area contributed by atoms with Crippen molar-refractivity contribution in [1.82, 2.24) is 0 Å². The van der Waals surface area contributed by atoms with Crippen LogP contribution < -0.4 is 10.1 Å². The minimum atomic E-state index is -1.08. The molecule has 0 radical (unpaired) electrons. The molecule has 0 aliphatic carbocycles. The molecule has 23 heavy (non-hydrogen) atoms. The number of carbonyl (C=O) groups excluding carboxylic acids is 1. The summed E-state index contributed by atoms with van der Waals surface area (Å²) in [6, 6.07) is 13.0. The van der Waals surface area contributed by atoms with Crippen LogP contribution in [-0.4, -0.2) is 23.1 Å². The summed E-state index contributed by atoms with van der Waals surface area (Å²) in [5.41, 5.74) is 0.754. The van der Waals surface area contributed by atoms with E-state index in [-0.39, 0.29) is 23.3 Å². The zero-order valence-corrected chi connectivity index (χ0v) is 13.1. The van der Waals surface area contributed by atoms with Crippen molar-refractivity contribution in [3.63, 3.8) is 0 Å². The quantitative estimate of drug-likeness (QED) is 0.850. The molecule has 0 bridgehead atoms. The minimum Gasteiger partial charge on any atom is -0.491 e. The van der Waals surface area contributed by atoms with Crippen molar-refractivity contribution in [2.45, 2.75) is 26.4 Å². The number of carboxylic acids is 1. The molecule has 0 aliphatic rings. The molecule has 0 saturated heterocycles. The van der Waals surface area contributed by atoms with Gasteiger partial charge < -0.3 is 15.2 Å². The number of ether oxygens (including phenoxy) is 1. The second-order valence-corrected chi connectivity index (χ2v) is 5.17. The fourth-order valence-corrected chi connectivity index (χ4v) is 1.97. The van der Waals surface area contributed by atoms with Gasteiger partial charge in [0, 0.05) is 5.56 Å². The van der Waals surface area contributed by atoms with Gasteiger partial charge in [-0.3, -0.25) is 4.79 Å². The van der Waals surface area contributed by atoms with E-state index in [4.69, 9.17) is 9.84 Å². The lowest BCUT2D eigenvalue weighted by molar-refractivity contribution is 0.0698. The molecule has 0 heterocycles. The largest absolute Gasteiger partial charge is 0.491 e. The van der Waals surface area contributed by atoms with Gasteiger partial charge in [-0.1, -0.05) is 19.1 Å². The molecule has 0 saturated carbocycles. The monoisotopic (exact) mass is 313 g/mol. The van der Waals surface area contributed by atoms with E-state index in [1.807, 2.05) is 13.8 Å². The summed E-state index contributed by atoms with van der Waals surface area (Å²) in [4.78, 5) is 23.4. The highest BCUT2D eigenvalue weighted by molar-refractivity contribution is 6.07. The van der Waals surface area contributed by atoms with Gasteiger partial charge in [-0.2, -0.15) is 0 Å². The number of hydrogen-bond acceptors (Lipinski definition) is 3. The molecule has 1 amide bonds. The molecule has 0 fully saturated rings. The van der Waals surface area contributed by atoms with E-state index in [9.17, 15) is 9.59 Å². The van der Waals surface area contributed by atoms with Gasteiger partial charge in [0.15, 0.2) is 0 Å². The van der Waals surface area contributed by atoms with Gasteiger partial charge in [-0.25, -0.2) is 4.79 Å². The third-order valence-electron chi connectivity index (χ3n) is 3.43. The van der Waals surface area contributed by atoms with Crippen LogP contribution >= 0.6 is 0 Å². The maximum atomic E-state index is 12.2. The molecular formula is C18H19NO4. The first-order valence-corrected chi connectivity index (χ1v) is 7.41. The standard InChI is InChI=1S/C18H19NO4/c1-3-12(2)23-14-10-8-13(9-11-14)17(20)19-16-7-5-4-6-15(16)18(21)22/h4-12H,3H2,1-2H3,(H,19,20)(H,21,22)/t12-/m0/s1. The molecule has 0 unspecified atom stereocenters. The number of para-hydroxylation sites is 1. The fourth-order valence-electron chi connectivity index (χ4n) is 1.97. The number of hydrogen-bond donors (Lipinski definition) is 2. The topological polar surface area (TPSA) is 75.6 Å². The Labute approximate surface area is 134 Å². The molecular weight excluding hydrogens is 294 g/mol. The molecule has 5 nitrogen and oxygen atoms in total. The first-order valence-electron chi connectivity index (χ1n) is 7.41. The van der Waals surface area contributed by atoms with Crippen LogP contribution in [0.5, 0.6) is 5.75 Å². The Morgan fingerprint density at radius 2 is 1.78 bits per heavy atom. The van der Waals surface area contributed by atoms with Crippen LogP contribution in [0.15, 0.2) is 48.5 Å². The Morgan fingerprint density at radius 3 is 2.39 bits per heavy atom. The van der Waals surface area contributed by atoms with Crippen LogP contribution in [0.4, 0.5) is 5.69 Å². The van der Waals surface area contributed by atoms with Gasteiger partial charge in [0.1, 0.15) is 5.75 Å². The summed E-state index contributed by atoms with van der Waals surface area (Å²) >= 11 is 0. The Balaban J connectivity index is 2.11. The Morgan fingerprint density at radius 1 is 1.13 bits per heavy atom. The molecule has 5 heteroatoms. The predicted molar refractivity (Wildman–Crippen MR) is 88.2 cm³/mol. The second kappa shape index (κ2) is 7.45. The third-order valence-corrected chi connectivity index (χ3v) is 3.43. The van der Waals surface area contributed by atoms with Crippen molar-refractivity contribution in [3.05, 3.63) is 59.7 Å². The van der Waals surface area contributed by atoms with Crippen LogP contribution in [0.1, 0.15) is 41.0 Å². The van der Waals surface area contributed by atoms with Gasteiger partial charge in [0.25, 0.3) is 5.91 Å². The van der Waals surface area contributed by atoms with Crippen molar-refractivity contribution >= 4 is 17.6 Å². The molecule has 1 atom stereocenters. The summed E-state index contributed by atoms with van der Waals surface area (Å²) < 4.78 is 5.66. The second-order valence-electron chi connectivity index (χ2n) is 5.17. The van der Waals surface area contributed by atoms with Crippen molar-refractivity contribution < 1.29 is 19.4 Å². The molecule has 0 spiro atoms. The van der Waals surface area contributed by atoms with Gasteiger partial charge in [0.2, 0.25) is 0 Å². The van der Waals surface area contributed by atoms with Gasteiger partial charge in [-0.05, 0) is 49.7 Å². The van der Waals surface area contributed by atoms with Crippen LogP contribution in [0, 0.1) is 0 Å². The summed E-state index contributed by atoms with van der Waals surface area (Å²) in [6.45, 7) is 4.01. The van der Waals surface area contributed by atoms with Gasteiger partial charge >= 0.3 is 5.97 Å². The molecule has 2 aromatic carbocycles. The number of carboxylic acid groups (broad SMARTS) is 1. The lowest BCUT2D eigenvalue weighted by atomic mass is 10.1. The number of anilines is 1. The molecule has 2 aromatic rings. The van der Waals surface area contributed by atoms with Crippen LogP contribution in [-0.2, 0) is 0 Å². The van der Waals surface area contributed by atoms with E-state index in [1.54, 1.807) is 42.5 Å². The average molecular weight is 313 g/mol. The number of benzene rings is 2. The molecule has 2 N–H and O–H groups in total. The van der Waals surface area contributed by atoms with Crippen molar-refractivity contribution in [1.29, 1.82) is 0 Å². The number of amides is 1. The van der Waals surface area contributed by atoms with E-state index >= 15 is 0 Å². The Kier molecular flexibility index (Phi) is 5.36. The highest BCUT2D eigenvalue weighted by Crippen LogP contribution is 2.18. The Bertz CT molecular complexity index is 694. The maximum absolute atomic E-state index is 12.2. The zero-order chi connectivity index (χ0) is 16.8. The number of nitrogens with one attached hydrogen (secondary N) is 1. The zero-order valence-electron chi connectivity index (χ0n) is 13.1. The van der Waals surface area contributed by atoms with E-state index in [1.165, 1.54) is 6.07 Å². The molecule has 120 valence electrons. The maximum Gasteiger partial charge on any atom is 0.337 e. The lowest BCUT2D eigenvalue weighted by Crippen LogP contribution is -2.15. The van der Waals surface area contributed by atoms with E-state index in [0.29, 0.717) is 11.3 Å². The van der Waals surface area contributed by atoms with Crippen LogP contribution in [0.25, 0.3) is 0 Å².